The predicted molar refractivity (Wildman–Crippen MR) is 115 cm³/mol. The number of amides is 1. The van der Waals surface area contributed by atoms with E-state index in [0.29, 0.717) is 17.2 Å². The summed E-state index contributed by atoms with van der Waals surface area (Å²) in [5.74, 6) is -3.44. The molecule has 2 unspecified atom stereocenters. The van der Waals surface area contributed by atoms with E-state index in [1.165, 1.54) is 4.80 Å². The van der Waals surface area contributed by atoms with Crippen LogP contribution >= 0.6 is 15.9 Å². The maximum absolute atomic E-state index is 14.0. The van der Waals surface area contributed by atoms with Crippen molar-refractivity contribution in [2.75, 3.05) is 5.32 Å². The number of nitrogens with zero attached hydrogens (tertiary/aromatic N) is 5. The van der Waals surface area contributed by atoms with Gasteiger partial charge in [-0.05, 0) is 57.6 Å². The van der Waals surface area contributed by atoms with Crippen molar-refractivity contribution in [2.45, 2.75) is 38.0 Å². The first kappa shape index (κ1) is 21.5. The van der Waals surface area contributed by atoms with Gasteiger partial charge in [0, 0.05) is 29.1 Å². The van der Waals surface area contributed by atoms with Crippen LogP contribution in [-0.2, 0) is 11.8 Å². The van der Waals surface area contributed by atoms with Gasteiger partial charge in [-0.15, -0.1) is 10.2 Å². The van der Waals surface area contributed by atoms with Crippen molar-refractivity contribution in [1.82, 2.24) is 25.2 Å². The molecule has 1 saturated carbocycles. The van der Waals surface area contributed by atoms with Gasteiger partial charge in [0.25, 0.3) is 0 Å². The number of anilines is 1. The Morgan fingerprint density at radius 3 is 2.65 bits per heavy atom. The summed E-state index contributed by atoms with van der Waals surface area (Å²) in [6.07, 6.45) is 1.36. The van der Waals surface area contributed by atoms with E-state index in [9.17, 15) is 13.6 Å². The van der Waals surface area contributed by atoms with E-state index < -0.39 is 17.8 Å². The van der Waals surface area contributed by atoms with E-state index in [4.69, 9.17) is 0 Å². The number of benzene rings is 1. The Hall–Kier alpha value is -2.75. The Balaban J connectivity index is 1.62. The van der Waals surface area contributed by atoms with Gasteiger partial charge in [0.2, 0.25) is 17.7 Å². The molecule has 2 aromatic heterocycles. The second kappa shape index (κ2) is 8.41. The maximum atomic E-state index is 14.0. The molecular weight excluding hydrogens is 470 g/mol. The fraction of sp³-hybridized carbons (Fsp3) is 0.381. The summed E-state index contributed by atoms with van der Waals surface area (Å²) in [7, 11) is 1.67. The lowest BCUT2D eigenvalue weighted by Gasteiger charge is -2.23. The lowest BCUT2D eigenvalue weighted by atomic mass is 9.83. The molecule has 1 aliphatic rings. The minimum absolute atomic E-state index is 0.210. The zero-order valence-electron chi connectivity index (χ0n) is 17.0. The Morgan fingerprint density at radius 2 is 2.06 bits per heavy atom. The molecule has 0 spiro atoms. The van der Waals surface area contributed by atoms with Crippen molar-refractivity contribution in [3.63, 3.8) is 0 Å². The van der Waals surface area contributed by atoms with Gasteiger partial charge in [0.15, 0.2) is 0 Å². The minimum Gasteiger partial charge on any atom is -0.310 e. The van der Waals surface area contributed by atoms with Gasteiger partial charge in [0.1, 0.15) is 5.82 Å². The lowest BCUT2D eigenvalue weighted by Crippen LogP contribution is -2.28. The molecular formula is C21H21BrF2N6O. The molecule has 1 N–H and O–H groups in total. The number of pyridine rings is 1. The first-order valence-electron chi connectivity index (χ1n) is 9.87. The van der Waals surface area contributed by atoms with Crippen molar-refractivity contribution < 1.29 is 13.6 Å². The molecule has 1 fully saturated rings. The van der Waals surface area contributed by atoms with Crippen molar-refractivity contribution in [2.24, 2.45) is 13.0 Å². The molecule has 1 aliphatic carbocycles. The second-order valence-electron chi connectivity index (χ2n) is 7.87. The predicted octanol–water partition coefficient (Wildman–Crippen LogP) is 4.50. The van der Waals surface area contributed by atoms with Crippen LogP contribution in [0.25, 0.3) is 11.4 Å². The Bertz CT molecular complexity index is 1100. The van der Waals surface area contributed by atoms with Crippen LogP contribution < -0.4 is 5.32 Å². The van der Waals surface area contributed by atoms with Crippen molar-refractivity contribution >= 4 is 27.7 Å². The molecule has 7 nitrogen and oxygen atoms in total. The first-order chi connectivity index (χ1) is 14.7. The SMILES string of the molecule is Cc1cc(NC(=O)C(c2ccc(-c3nnn(C)n3)cc2)C2CCC(F)(F)C2)ncc1Br. The molecule has 10 heteroatoms. The van der Waals surface area contributed by atoms with E-state index in [1.54, 1.807) is 43.6 Å². The molecule has 0 aliphatic heterocycles. The average molecular weight is 491 g/mol. The van der Waals surface area contributed by atoms with E-state index in [-0.39, 0.29) is 25.2 Å². The van der Waals surface area contributed by atoms with Gasteiger partial charge in [-0.25, -0.2) is 13.8 Å². The largest absolute Gasteiger partial charge is 0.310 e. The standard InChI is InChI=1S/C21H21BrF2N6O/c1-12-9-17(25-11-16(12)22)26-20(31)18(15-7-8-21(23,24)10-15)13-3-5-14(6-4-13)19-27-29-30(2)28-19/h3-6,9,11,15,18H,7-8,10H2,1-2H3,(H,25,26,31). The van der Waals surface area contributed by atoms with Gasteiger partial charge >= 0.3 is 0 Å². The number of hydrogen-bond acceptors (Lipinski definition) is 5. The van der Waals surface area contributed by atoms with Crippen LogP contribution in [0, 0.1) is 12.8 Å². The van der Waals surface area contributed by atoms with Gasteiger partial charge in [0.05, 0.1) is 13.0 Å². The number of rotatable bonds is 5. The normalized spacial score (nSPS) is 18.7. The minimum atomic E-state index is -2.75. The van der Waals surface area contributed by atoms with Crippen molar-refractivity contribution in [3.05, 3.63) is 52.1 Å². The zero-order valence-corrected chi connectivity index (χ0v) is 18.6. The molecule has 2 heterocycles. The maximum Gasteiger partial charge on any atom is 0.248 e. The van der Waals surface area contributed by atoms with E-state index in [1.807, 2.05) is 6.92 Å². The number of hydrogen-bond donors (Lipinski definition) is 1. The molecule has 0 bridgehead atoms. The molecule has 0 saturated heterocycles. The monoisotopic (exact) mass is 490 g/mol. The molecule has 4 rings (SSSR count). The lowest BCUT2D eigenvalue weighted by molar-refractivity contribution is -0.118. The molecule has 1 amide bonds. The van der Waals surface area contributed by atoms with Crippen LogP contribution in [0.3, 0.4) is 0 Å². The number of nitrogens with one attached hydrogen (secondary N) is 1. The number of aryl methyl sites for hydroxylation is 2. The zero-order chi connectivity index (χ0) is 22.2. The van der Waals surface area contributed by atoms with Crippen molar-refractivity contribution in [3.8, 4) is 11.4 Å². The Morgan fingerprint density at radius 1 is 1.32 bits per heavy atom. The Labute approximate surface area is 186 Å². The molecule has 0 radical (unpaired) electrons. The third-order valence-corrected chi connectivity index (χ3v) is 6.36. The number of aromatic nitrogens is 5. The quantitative estimate of drug-likeness (QED) is 0.568. The molecule has 2 atom stereocenters. The smallest absolute Gasteiger partial charge is 0.248 e. The van der Waals surface area contributed by atoms with Gasteiger partial charge in [-0.2, -0.15) is 4.80 Å². The van der Waals surface area contributed by atoms with E-state index in [2.05, 4.69) is 41.6 Å². The highest BCUT2D eigenvalue weighted by molar-refractivity contribution is 9.10. The van der Waals surface area contributed by atoms with E-state index in [0.717, 1.165) is 15.6 Å². The van der Waals surface area contributed by atoms with Crippen LogP contribution in [-0.4, -0.2) is 37.0 Å². The van der Waals surface area contributed by atoms with Crippen LogP contribution in [0.2, 0.25) is 0 Å². The summed E-state index contributed by atoms with van der Waals surface area (Å²) in [4.78, 5) is 18.8. The topological polar surface area (TPSA) is 85.6 Å². The fourth-order valence-electron chi connectivity index (χ4n) is 3.96. The number of carbonyl (C=O) groups excluding carboxylic acids is 1. The third-order valence-electron chi connectivity index (χ3n) is 5.53. The highest BCUT2D eigenvalue weighted by atomic mass is 79.9. The number of carbonyl (C=O) groups is 1. The summed E-state index contributed by atoms with van der Waals surface area (Å²) in [5.41, 5.74) is 2.31. The molecule has 3 aromatic rings. The highest BCUT2D eigenvalue weighted by Gasteiger charge is 2.45. The third kappa shape index (κ3) is 4.79. The van der Waals surface area contributed by atoms with Gasteiger partial charge < -0.3 is 5.32 Å². The molecule has 1 aromatic carbocycles. The summed E-state index contributed by atoms with van der Waals surface area (Å²) in [6.45, 7) is 1.88. The number of tetrazole rings is 1. The second-order valence-corrected chi connectivity index (χ2v) is 8.72. The highest BCUT2D eigenvalue weighted by Crippen LogP contribution is 2.46. The number of halogens is 3. The van der Waals surface area contributed by atoms with Gasteiger partial charge in [-0.1, -0.05) is 24.3 Å². The summed E-state index contributed by atoms with van der Waals surface area (Å²) >= 11 is 3.38. The number of alkyl halides is 2. The Kier molecular flexibility index (Phi) is 5.83. The van der Waals surface area contributed by atoms with Crippen LogP contribution in [0.4, 0.5) is 14.6 Å². The van der Waals surface area contributed by atoms with Crippen LogP contribution in [0.1, 0.15) is 36.3 Å². The van der Waals surface area contributed by atoms with Crippen LogP contribution in [0.15, 0.2) is 41.0 Å². The molecule has 31 heavy (non-hydrogen) atoms. The summed E-state index contributed by atoms with van der Waals surface area (Å²) in [5, 5.41) is 14.8. The van der Waals surface area contributed by atoms with Crippen molar-refractivity contribution in [1.29, 1.82) is 0 Å². The van der Waals surface area contributed by atoms with E-state index >= 15 is 0 Å². The van der Waals surface area contributed by atoms with Crippen LogP contribution in [0.5, 0.6) is 0 Å². The summed E-state index contributed by atoms with van der Waals surface area (Å²) in [6, 6.07) is 8.84. The van der Waals surface area contributed by atoms with Gasteiger partial charge in [-0.3, -0.25) is 4.79 Å². The molecule has 162 valence electrons. The fourth-order valence-corrected chi connectivity index (χ4v) is 4.17. The first-order valence-corrected chi connectivity index (χ1v) is 10.7. The summed E-state index contributed by atoms with van der Waals surface area (Å²) < 4.78 is 28.8. The average Bonchev–Trinajstić information content (AvgIpc) is 3.31.